The normalized spacial score (nSPS) is 27.2. The minimum Gasteiger partial charge on any atom is -0.370 e. The average Bonchev–Trinajstić information content (AvgIpc) is 3.48. The third-order valence-corrected chi connectivity index (χ3v) is 5.83. The monoisotopic (exact) mass is 382 g/mol. The second kappa shape index (κ2) is 7.62. The molecule has 28 heavy (non-hydrogen) atoms. The quantitative estimate of drug-likeness (QED) is 0.733. The molecule has 1 aromatic heterocycles. The van der Waals surface area contributed by atoms with Crippen molar-refractivity contribution in [1.29, 1.82) is 0 Å². The second-order valence-corrected chi connectivity index (χ2v) is 7.64. The molecule has 0 radical (unpaired) electrons. The minimum atomic E-state index is -0.108. The Morgan fingerprint density at radius 1 is 1.04 bits per heavy atom. The highest BCUT2D eigenvalue weighted by Gasteiger charge is 2.47. The van der Waals surface area contributed by atoms with E-state index in [4.69, 9.17) is 4.84 Å². The average molecular weight is 382 g/mol. The maximum atomic E-state index is 12.6. The molecule has 1 amide bonds. The van der Waals surface area contributed by atoms with Gasteiger partial charge < -0.3 is 4.84 Å². The number of hydrazine groups is 1. The molecule has 8 heteroatoms. The van der Waals surface area contributed by atoms with Gasteiger partial charge in [-0.15, -0.1) is 0 Å². The zero-order valence-electron chi connectivity index (χ0n) is 16.0. The first kappa shape index (κ1) is 17.8. The van der Waals surface area contributed by atoms with Crippen LogP contribution in [-0.2, 0) is 9.63 Å². The Morgan fingerprint density at radius 2 is 1.93 bits per heavy atom. The van der Waals surface area contributed by atoms with Crippen LogP contribution in [0.1, 0.15) is 37.8 Å². The van der Waals surface area contributed by atoms with Gasteiger partial charge in [-0.3, -0.25) is 24.6 Å². The van der Waals surface area contributed by atoms with Crippen molar-refractivity contribution < 1.29 is 9.63 Å². The standard InChI is InChI=1S/C20H26N6O2/c27-17-7-6-14-25(17)20-18(16-15-21-8-9-22-16)19(23-10-2-1-3-11-23)26(28-20)24-12-4-5-13-24/h1-2,8-9,15,19H,3-7,10-14H2. The van der Waals surface area contributed by atoms with Crippen molar-refractivity contribution in [2.75, 3.05) is 32.7 Å². The summed E-state index contributed by atoms with van der Waals surface area (Å²) in [5, 5.41) is 4.27. The molecule has 0 saturated carbocycles. The molecule has 148 valence electrons. The number of carbonyl (C=O) groups is 1. The van der Waals surface area contributed by atoms with E-state index in [9.17, 15) is 4.79 Å². The van der Waals surface area contributed by atoms with Crippen LogP contribution in [0, 0.1) is 0 Å². The van der Waals surface area contributed by atoms with E-state index in [2.05, 4.69) is 32.0 Å². The molecule has 1 unspecified atom stereocenters. The molecule has 8 nitrogen and oxygen atoms in total. The van der Waals surface area contributed by atoms with Crippen molar-refractivity contribution in [1.82, 2.24) is 29.9 Å². The lowest BCUT2D eigenvalue weighted by Gasteiger charge is -2.38. The highest BCUT2D eigenvalue weighted by atomic mass is 16.7. The van der Waals surface area contributed by atoms with E-state index in [-0.39, 0.29) is 12.1 Å². The molecule has 5 rings (SSSR count). The van der Waals surface area contributed by atoms with Gasteiger partial charge in [0, 0.05) is 51.5 Å². The number of hydrogen-bond donors (Lipinski definition) is 0. The van der Waals surface area contributed by atoms with Crippen molar-refractivity contribution in [3.63, 3.8) is 0 Å². The molecule has 0 bridgehead atoms. The SMILES string of the molecule is O=C1CCCN1C1=C(c2cnccn2)C(N2CC=CCC2)N(N2CCCC2)O1. The fourth-order valence-corrected chi connectivity index (χ4v) is 4.46. The van der Waals surface area contributed by atoms with Crippen molar-refractivity contribution in [2.45, 2.75) is 38.3 Å². The first-order chi connectivity index (χ1) is 13.8. The van der Waals surface area contributed by atoms with Gasteiger partial charge in [-0.25, -0.2) is 5.01 Å². The third kappa shape index (κ3) is 3.11. The van der Waals surface area contributed by atoms with Gasteiger partial charge in [0.05, 0.1) is 17.5 Å². The fourth-order valence-electron chi connectivity index (χ4n) is 4.46. The van der Waals surface area contributed by atoms with E-state index in [0.29, 0.717) is 18.8 Å². The Labute approximate surface area is 165 Å². The summed E-state index contributed by atoms with van der Waals surface area (Å²) < 4.78 is 0. The summed E-state index contributed by atoms with van der Waals surface area (Å²) in [6.07, 6.45) is 14.2. The molecule has 4 aliphatic rings. The predicted molar refractivity (Wildman–Crippen MR) is 103 cm³/mol. The van der Waals surface area contributed by atoms with Gasteiger partial charge in [0.25, 0.3) is 0 Å². The number of rotatable bonds is 4. The Balaban J connectivity index is 1.60. The van der Waals surface area contributed by atoms with Gasteiger partial charge in [-0.1, -0.05) is 12.2 Å². The molecule has 2 saturated heterocycles. The Kier molecular flexibility index (Phi) is 4.84. The van der Waals surface area contributed by atoms with Gasteiger partial charge in [0.1, 0.15) is 6.17 Å². The van der Waals surface area contributed by atoms with Crippen LogP contribution in [0.2, 0.25) is 0 Å². The Morgan fingerprint density at radius 3 is 2.61 bits per heavy atom. The van der Waals surface area contributed by atoms with Crippen LogP contribution in [0.5, 0.6) is 0 Å². The molecule has 4 aliphatic heterocycles. The van der Waals surface area contributed by atoms with E-state index in [1.54, 1.807) is 23.5 Å². The summed E-state index contributed by atoms with van der Waals surface area (Å²) in [6, 6.07) is 0. The molecule has 0 aromatic carbocycles. The van der Waals surface area contributed by atoms with Gasteiger partial charge in [-0.2, -0.15) is 0 Å². The highest BCUT2D eigenvalue weighted by molar-refractivity contribution is 5.83. The Hall–Kier alpha value is -2.29. The largest absolute Gasteiger partial charge is 0.370 e. The van der Waals surface area contributed by atoms with Gasteiger partial charge in [0.2, 0.25) is 11.8 Å². The number of aromatic nitrogens is 2. The van der Waals surface area contributed by atoms with Crippen LogP contribution in [0.4, 0.5) is 0 Å². The molecular formula is C20H26N6O2. The highest BCUT2D eigenvalue weighted by Crippen LogP contribution is 2.40. The van der Waals surface area contributed by atoms with Crippen LogP contribution < -0.4 is 0 Å². The fraction of sp³-hybridized carbons (Fsp3) is 0.550. The summed E-state index contributed by atoms with van der Waals surface area (Å²) in [6.45, 7) is 4.42. The van der Waals surface area contributed by atoms with E-state index in [1.165, 1.54) is 0 Å². The lowest BCUT2D eigenvalue weighted by Crippen LogP contribution is -2.53. The molecule has 0 aliphatic carbocycles. The van der Waals surface area contributed by atoms with E-state index in [0.717, 1.165) is 63.1 Å². The molecule has 1 atom stereocenters. The van der Waals surface area contributed by atoms with Crippen LogP contribution in [-0.4, -0.2) is 74.7 Å². The summed E-state index contributed by atoms with van der Waals surface area (Å²) in [7, 11) is 0. The van der Waals surface area contributed by atoms with Crippen molar-refractivity contribution in [2.24, 2.45) is 0 Å². The van der Waals surface area contributed by atoms with Crippen molar-refractivity contribution in [3.8, 4) is 0 Å². The number of nitrogens with zero attached hydrogens (tertiary/aromatic N) is 6. The molecule has 5 heterocycles. The molecule has 0 spiro atoms. The van der Waals surface area contributed by atoms with Gasteiger partial charge in [0.15, 0.2) is 0 Å². The van der Waals surface area contributed by atoms with E-state index >= 15 is 0 Å². The van der Waals surface area contributed by atoms with E-state index in [1.807, 2.05) is 5.17 Å². The number of amides is 1. The topological polar surface area (TPSA) is 65.0 Å². The van der Waals surface area contributed by atoms with E-state index < -0.39 is 0 Å². The predicted octanol–water partition coefficient (Wildman–Crippen LogP) is 1.61. The molecule has 1 aromatic rings. The first-order valence-electron chi connectivity index (χ1n) is 10.2. The molecular weight excluding hydrogens is 356 g/mol. The minimum absolute atomic E-state index is 0.108. The maximum absolute atomic E-state index is 12.6. The molecule has 0 N–H and O–H groups in total. The second-order valence-electron chi connectivity index (χ2n) is 7.64. The van der Waals surface area contributed by atoms with Crippen molar-refractivity contribution in [3.05, 3.63) is 42.3 Å². The maximum Gasteiger partial charge on any atom is 0.232 e. The van der Waals surface area contributed by atoms with Crippen LogP contribution in [0.15, 0.2) is 36.6 Å². The lowest BCUT2D eigenvalue weighted by molar-refractivity contribution is -0.281. The summed E-state index contributed by atoms with van der Waals surface area (Å²) in [5.74, 6) is 0.756. The number of hydroxylamine groups is 1. The van der Waals surface area contributed by atoms with Gasteiger partial charge >= 0.3 is 0 Å². The van der Waals surface area contributed by atoms with Crippen molar-refractivity contribution >= 4 is 11.5 Å². The first-order valence-corrected chi connectivity index (χ1v) is 10.2. The third-order valence-electron chi connectivity index (χ3n) is 5.83. The van der Waals surface area contributed by atoms with Gasteiger partial charge in [-0.05, 0) is 30.9 Å². The zero-order chi connectivity index (χ0) is 18.9. The number of likely N-dealkylation sites (tertiary alicyclic amines) is 1. The summed E-state index contributed by atoms with van der Waals surface area (Å²) in [5.41, 5.74) is 1.73. The van der Waals surface area contributed by atoms with Crippen LogP contribution in [0.25, 0.3) is 5.57 Å². The Bertz CT molecular complexity index is 789. The smallest absolute Gasteiger partial charge is 0.232 e. The number of carbonyl (C=O) groups excluding carboxylic acids is 1. The number of hydrogen-bond acceptors (Lipinski definition) is 7. The molecule has 2 fully saturated rings. The zero-order valence-corrected chi connectivity index (χ0v) is 16.0. The summed E-state index contributed by atoms with van der Waals surface area (Å²) in [4.78, 5) is 32.1. The van der Waals surface area contributed by atoms with Crippen LogP contribution in [0.3, 0.4) is 0 Å². The lowest BCUT2D eigenvalue weighted by atomic mass is 10.1. The van der Waals surface area contributed by atoms with Crippen LogP contribution >= 0.6 is 0 Å². The summed E-state index contributed by atoms with van der Waals surface area (Å²) >= 11 is 0.